The summed E-state index contributed by atoms with van der Waals surface area (Å²) in [5, 5.41) is 0. The van der Waals surface area contributed by atoms with E-state index in [1.807, 2.05) is 37.3 Å². The molecular weight excluding hydrogens is 136 g/mol. The lowest BCUT2D eigenvalue weighted by Crippen LogP contribution is -2.06. The Labute approximate surface area is 67.3 Å². The van der Waals surface area contributed by atoms with Gasteiger partial charge in [0.15, 0.2) is 0 Å². The fourth-order valence-corrected chi connectivity index (χ4v) is 0.753. The summed E-state index contributed by atoms with van der Waals surface area (Å²) in [6.07, 6.45) is 1.49. The summed E-state index contributed by atoms with van der Waals surface area (Å²) >= 11 is 0. The molecule has 1 aromatic rings. The molecule has 0 saturated carbocycles. The third-order valence-electron chi connectivity index (χ3n) is 1.34. The Kier molecular flexibility index (Phi) is 2.73. The van der Waals surface area contributed by atoms with Crippen molar-refractivity contribution >= 4 is 0 Å². The molecule has 0 aliphatic rings. The van der Waals surface area contributed by atoms with Gasteiger partial charge in [0.05, 0.1) is 0 Å². The predicted molar refractivity (Wildman–Crippen MR) is 45.4 cm³/mol. The van der Waals surface area contributed by atoms with E-state index in [0.29, 0.717) is 0 Å². The molecule has 0 saturated heterocycles. The van der Waals surface area contributed by atoms with Crippen LogP contribution in [0.15, 0.2) is 36.4 Å². The Morgan fingerprint density at radius 2 is 2.00 bits per heavy atom. The van der Waals surface area contributed by atoms with Crippen molar-refractivity contribution in [3.8, 4) is 5.75 Å². The van der Waals surface area contributed by atoms with Gasteiger partial charge >= 0.3 is 0 Å². The standard InChI is InChI=1S/C10H11O/c1-3-9(2)11-10-7-5-4-6-8-10/h1,3-9H,2H3. The molecule has 1 unspecified atom stereocenters. The summed E-state index contributed by atoms with van der Waals surface area (Å²) in [6.45, 7) is 7.17. The minimum absolute atomic E-state index is 0.0302. The van der Waals surface area contributed by atoms with E-state index in [1.54, 1.807) is 0 Å². The monoisotopic (exact) mass is 147 g/mol. The van der Waals surface area contributed by atoms with Crippen LogP contribution in [0.3, 0.4) is 0 Å². The van der Waals surface area contributed by atoms with Gasteiger partial charge in [-0.2, -0.15) is 0 Å². The molecule has 0 aliphatic carbocycles. The molecule has 1 aromatic carbocycles. The van der Waals surface area contributed by atoms with Gasteiger partial charge in [0.25, 0.3) is 0 Å². The summed E-state index contributed by atoms with van der Waals surface area (Å²) in [5.41, 5.74) is 0. The first kappa shape index (κ1) is 7.86. The molecule has 1 rings (SSSR count). The largest absolute Gasteiger partial charge is 0.487 e. The van der Waals surface area contributed by atoms with Crippen LogP contribution in [0.1, 0.15) is 6.92 Å². The maximum Gasteiger partial charge on any atom is 0.120 e. The second kappa shape index (κ2) is 3.81. The fourth-order valence-electron chi connectivity index (χ4n) is 0.753. The Hall–Kier alpha value is -1.24. The first-order chi connectivity index (χ1) is 5.33. The normalized spacial score (nSPS) is 12.1. The van der Waals surface area contributed by atoms with Crippen LogP contribution in [-0.4, -0.2) is 6.10 Å². The molecule has 11 heavy (non-hydrogen) atoms. The van der Waals surface area contributed by atoms with Crippen molar-refractivity contribution in [3.63, 3.8) is 0 Å². The lowest BCUT2D eigenvalue weighted by Gasteiger charge is -2.08. The molecule has 1 heteroatoms. The summed E-state index contributed by atoms with van der Waals surface area (Å²) in [6, 6.07) is 9.61. The first-order valence-corrected chi connectivity index (χ1v) is 3.59. The van der Waals surface area contributed by atoms with E-state index in [1.165, 1.54) is 6.08 Å². The average molecular weight is 147 g/mol. The van der Waals surface area contributed by atoms with E-state index in [2.05, 4.69) is 0 Å². The van der Waals surface area contributed by atoms with E-state index in [4.69, 9.17) is 11.3 Å². The molecule has 0 fully saturated rings. The van der Waals surface area contributed by atoms with Crippen molar-refractivity contribution in [2.75, 3.05) is 0 Å². The van der Waals surface area contributed by atoms with Gasteiger partial charge in [-0.25, -0.2) is 0 Å². The van der Waals surface area contributed by atoms with E-state index in [-0.39, 0.29) is 6.10 Å². The highest BCUT2D eigenvalue weighted by Gasteiger charge is 1.95. The Morgan fingerprint density at radius 1 is 1.36 bits per heavy atom. The van der Waals surface area contributed by atoms with Crippen molar-refractivity contribution < 1.29 is 4.74 Å². The summed E-state index contributed by atoms with van der Waals surface area (Å²) < 4.78 is 5.38. The molecule has 0 N–H and O–H groups in total. The molecule has 0 aliphatic heterocycles. The lowest BCUT2D eigenvalue weighted by molar-refractivity contribution is 0.270. The Bertz CT molecular complexity index is 216. The number of para-hydroxylation sites is 1. The third-order valence-corrected chi connectivity index (χ3v) is 1.34. The summed E-state index contributed by atoms with van der Waals surface area (Å²) in [7, 11) is 0. The molecule has 1 nitrogen and oxygen atoms in total. The topological polar surface area (TPSA) is 9.23 Å². The second-order valence-corrected chi connectivity index (χ2v) is 2.33. The van der Waals surface area contributed by atoms with Gasteiger partial charge in [0, 0.05) is 0 Å². The van der Waals surface area contributed by atoms with Crippen molar-refractivity contribution in [1.82, 2.24) is 0 Å². The van der Waals surface area contributed by atoms with Crippen LogP contribution < -0.4 is 4.74 Å². The van der Waals surface area contributed by atoms with Crippen molar-refractivity contribution in [1.29, 1.82) is 0 Å². The van der Waals surface area contributed by atoms with Crippen molar-refractivity contribution in [3.05, 3.63) is 43.0 Å². The molecule has 0 bridgehead atoms. The van der Waals surface area contributed by atoms with Crippen LogP contribution in [0.25, 0.3) is 0 Å². The van der Waals surface area contributed by atoms with E-state index in [9.17, 15) is 0 Å². The average Bonchev–Trinajstić information content (AvgIpc) is 2.06. The van der Waals surface area contributed by atoms with Crippen LogP contribution in [0, 0.1) is 6.58 Å². The number of benzene rings is 1. The van der Waals surface area contributed by atoms with Crippen molar-refractivity contribution in [2.24, 2.45) is 0 Å². The smallest absolute Gasteiger partial charge is 0.120 e. The van der Waals surface area contributed by atoms with Crippen molar-refractivity contribution in [2.45, 2.75) is 13.0 Å². The van der Waals surface area contributed by atoms with Crippen LogP contribution >= 0.6 is 0 Å². The molecule has 57 valence electrons. The maximum atomic E-state index is 5.38. The predicted octanol–water partition coefficient (Wildman–Crippen LogP) is 2.44. The molecule has 0 heterocycles. The molecule has 0 spiro atoms. The van der Waals surface area contributed by atoms with E-state index >= 15 is 0 Å². The molecule has 0 amide bonds. The highest BCUT2D eigenvalue weighted by atomic mass is 16.5. The van der Waals surface area contributed by atoms with Gasteiger partial charge in [0.2, 0.25) is 0 Å². The van der Waals surface area contributed by atoms with Gasteiger partial charge in [-0.1, -0.05) is 24.8 Å². The maximum absolute atomic E-state index is 5.38. The molecule has 0 aromatic heterocycles. The zero-order chi connectivity index (χ0) is 8.10. The zero-order valence-corrected chi connectivity index (χ0v) is 6.53. The minimum atomic E-state index is -0.0302. The van der Waals surface area contributed by atoms with Crippen LogP contribution in [0.4, 0.5) is 0 Å². The van der Waals surface area contributed by atoms with Gasteiger partial charge in [-0.05, 0) is 25.1 Å². The zero-order valence-electron chi connectivity index (χ0n) is 6.53. The Morgan fingerprint density at radius 3 is 2.55 bits per heavy atom. The van der Waals surface area contributed by atoms with Crippen LogP contribution in [0.2, 0.25) is 0 Å². The second-order valence-electron chi connectivity index (χ2n) is 2.33. The van der Waals surface area contributed by atoms with Crippen LogP contribution in [-0.2, 0) is 0 Å². The highest BCUT2D eigenvalue weighted by Crippen LogP contribution is 2.10. The minimum Gasteiger partial charge on any atom is -0.487 e. The van der Waals surface area contributed by atoms with E-state index < -0.39 is 0 Å². The third kappa shape index (κ3) is 2.46. The molecular formula is C10H11O. The van der Waals surface area contributed by atoms with E-state index in [0.717, 1.165) is 5.75 Å². The highest BCUT2D eigenvalue weighted by molar-refractivity contribution is 5.21. The SMILES string of the molecule is [CH]=CC(C)Oc1ccccc1. The number of ether oxygens (including phenoxy) is 1. The van der Waals surface area contributed by atoms with Gasteiger partial charge in [-0.3, -0.25) is 0 Å². The van der Waals surface area contributed by atoms with Gasteiger partial charge in [0.1, 0.15) is 11.9 Å². The Balaban J connectivity index is 2.57. The molecule has 1 radical (unpaired) electrons. The quantitative estimate of drug-likeness (QED) is 0.638. The van der Waals surface area contributed by atoms with Crippen LogP contribution in [0.5, 0.6) is 5.75 Å². The van der Waals surface area contributed by atoms with Gasteiger partial charge < -0.3 is 4.74 Å². The summed E-state index contributed by atoms with van der Waals surface area (Å²) in [4.78, 5) is 0. The summed E-state index contributed by atoms with van der Waals surface area (Å²) in [5.74, 6) is 0.849. The lowest BCUT2D eigenvalue weighted by atomic mass is 10.3. The molecule has 1 atom stereocenters. The number of rotatable bonds is 3. The van der Waals surface area contributed by atoms with Gasteiger partial charge in [-0.15, -0.1) is 0 Å². The fraction of sp³-hybridized carbons (Fsp3) is 0.200. The number of hydrogen-bond donors (Lipinski definition) is 0. The number of hydrogen-bond acceptors (Lipinski definition) is 1. The first-order valence-electron chi connectivity index (χ1n) is 3.59.